The second-order valence-electron chi connectivity index (χ2n) is 8.39. The summed E-state index contributed by atoms with van der Waals surface area (Å²) in [6.07, 6.45) is 5.64. The fourth-order valence-corrected chi connectivity index (χ4v) is 5.82. The fourth-order valence-electron chi connectivity index (χ4n) is 5.82. The SMILES string of the molecule is CC12CCOC(=O)C1CCC1(C)C(C(=O)Oc3ccoc3)CCC(=O)C21. The number of ether oxygens (including phenoxy) is 2. The number of fused-ring (bicyclic) bond motifs is 3. The molecule has 5 atom stereocenters. The van der Waals surface area contributed by atoms with Gasteiger partial charge < -0.3 is 13.9 Å². The quantitative estimate of drug-likeness (QED) is 0.754. The lowest BCUT2D eigenvalue weighted by Gasteiger charge is -2.59. The van der Waals surface area contributed by atoms with E-state index in [1.807, 2.05) is 13.8 Å². The number of carbonyl (C=O) groups is 3. The van der Waals surface area contributed by atoms with Gasteiger partial charge in [0.15, 0.2) is 5.75 Å². The summed E-state index contributed by atoms with van der Waals surface area (Å²) >= 11 is 0. The van der Waals surface area contributed by atoms with Crippen LogP contribution in [0.4, 0.5) is 0 Å². The Labute approximate surface area is 152 Å². The van der Waals surface area contributed by atoms with Crippen LogP contribution in [-0.2, 0) is 19.1 Å². The van der Waals surface area contributed by atoms with Crippen molar-refractivity contribution in [2.75, 3.05) is 6.61 Å². The second-order valence-corrected chi connectivity index (χ2v) is 8.39. The van der Waals surface area contributed by atoms with Crippen LogP contribution < -0.4 is 4.74 Å². The zero-order valence-corrected chi connectivity index (χ0v) is 15.2. The number of hydrogen-bond donors (Lipinski definition) is 0. The van der Waals surface area contributed by atoms with Gasteiger partial charge in [0.2, 0.25) is 0 Å². The lowest BCUT2D eigenvalue weighted by molar-refractivity contribution is -0.191. The summed E-state index contributed by atoms with van der Waals surface area (Å²) in [5, 5.41) is 0. The average Bonchev–Trinajstić information content (AvgIpc) is 3.06. The normalized spacial score (nSPS) is 39.5. The first-order valence-corrected chi connectivity index (χ1v) is 9.29. The van der Waals surface area contributed by atoms with Crippen LogP contribution in [0.1, 0.15) is 46.0 Å². The van der Waals surface area contributed by atoms with E-state index in [1.165, 1.54) is 12.5 Å². The van der Waals surface area contributed by atoms with E-state index in [9.17, 15) is 14.4 Å². The second kappa shape index (κ2) is 5.96. The molecule has 26 heavy (non-hydrogen) atoms. The Hall–Kier alpha value is -2.11. The molecule has 0 aromatic carbocycles. The fraction of sp³-hybridized carbons (Fsp3) is 0.650. The number of hydrogen-bond acceptors (Lipinski definition) is 6. The number of cyclic esters (lactones) is 1. The summed E-state index contributed by atoms with van der Waals surface area (Å²) in [4.78, 5) is 38.2. The van der Waals surface area contributed by atoms with Gasteiger partial charge in [0.1, 0.15) is 12.0 Å². The predicted molar refractivity (Wildman–Crippen MR) is 90.1 cm³/mol. The van der Waals surface area contributed by atoms with Crippen LogP contribution in [0.3, 0.4) is 0 Å². The standard InChI is InChI=1S/C20H24O6/c1-19-7-5-14-17(22)25-10-8-20(14,2)16(19)15(21)4-3-13(19)18(23)26-12-6-9-24-11-12/h6,9,11,13-14,16H,3-5,7-8,10H2,1-2H3. The lowest BCUT2D eigenvalue weighted by Crippen LogP contribution is -2.61. The van der Waals surface area contributed by atoms with Gasteiger partial charge in [-0.05, 0) is 36.5 Å². The minimum absolute atomic E-state index is 0.168. The topological polar surface area (TPSA) is 82.8 Å². The van der Waals surface area contributed by atoms with E-state index in [0.717, 1.165) is 0 Å². The molecule has 1 aromatic rings. The molecule has 6 nitrogen and oxygen atoms in total. The van der Waals surface area contributed by atoms with E-state index in [2.05, 4.69) is 0 Å². The number of Topliss-reactive ketones (excluding diaryl/α,β-unsaturated/α-hetero) is 1. The van der Waals surface area contributed by atoms with Crippen LogP contribution in [-0.4, -0.2) is 24.3 Å². The molecule has 0 radical (unpaired) electrons. The van der Waals surface area contributed by atoms with Gasteiger partial charge in [0.25, 0.3) is 0 Å². The van der Waals surface area contributed by atoms with Crippen molar-refractivity contribution in [3.8, 4) is 5.75 Å². The zero-order chi connectivity index (χ0) is 18.5. The van der Waals surface area contributed by atoms with E-state index >= 15 is 0 Å². The molecule has 1 aromatic heterocycles. The summed E-state index contributed by atoms with van der Waals surface area (Å²) in [6.45, 7) is 4.40. The molecule has 3 fully saturated rings. The summed E-state index contributed by atoms with van der Waals surface area (Å²) < 4.78 is 15.7. The lowest BCUT2D eigenvalue weighted by atomic mass is 9.44. The van der Waals surface area contributed by atoms with Gasteiger partial charge in [0, 0.05) is 18.4 Å². The van der Waals surface area contributed by atoms with Crippen LogP contribution in [0.25, 0.3) is 0 Å². The van der Waals surface area contributed by atoms with Crippen LogP contribution in [0, 0.1) is 28.6 Å². The molecule has 4 rings (SSSR count). The number of furan rings is 1. The monoisotopic (exact) mass is 360 g/mol. The third-order valence-electron chi connectivity index (χ3n) is 7.05. The molecule has 0 N–H and O–H groups in total. The van der Waals surface area contributed by atoms with E-state index in [-0.39, 0.29) is 35.5 Å². The minimum atomic E-state index is -0.501. The summed E-state index contributed by atoms with van der Waals surface area (Å²) in [5.74, 6) is -0.909. The van der Waals surface area contributed by atoms with Crippen molar-refractivity contribution in [2.24, 2.45) is 28.6 Å². The van der Waals surface area contributed by atoms with Gasteiger partial charge in [-0.3, -0.25) is 14.4 Å². The molecule has 2 aliphatic carbocycles. The molecule has 1 aliphatic heterocycles. The predicted octanol–water partition coefficient (Wildman–Crippen LogP) is 3.15. The first-order chi connectivity index (χ1) is 12.4. The molecule has 2 heterocycles. The number of ketones is 1. The molecule has 140 valence electrons. The van der Waals surface area contributed by atoms with E-state index < -0.39 is 10.8 Å². The van der Waals surface area contributed by atoms with Crippen LogP contribution >= 0.6 is 0 Å². The molecule has 6 heteroatoms. The Balaban J connectivity index is 1.67. The molecular formula is C20H24O6. The van der Waals surface area contributed by atoms with Gasteiger partial charge in [-0.15, -0.1) is 0 Å². The van der Waals surface area contributed by atoms with Gasteiger partial charge >= 0.3 is 11.9 Å². The summed E-state index contributed by atoms with van der Waals surface area (Å²) in [6, 6.07) is 1.60. The smallest absolute Gasteiger partial charge is 0.315 e. The van der Waals surface area contributed by atoms with Crippen molar-refractivity contribution in [2.45, 2.75) is 46.0 Å². The molecular weight excluding hydrogens is 336 g/mol. The third-order valence-corrected chi connectivity index (χ3v) is 7.05. The van der Waals surface area contributed by atoms with Gasteiger partial charge in [-0.2, -0.15) is 0 Å². The summed E-state index contributed by atoms with van der Waals surface area (Å²) in [7, 11) is 0. The number of rotatable bonds is 2. The molecule has 0 amide bonds. The molecule has 5 unspecified atom stereocenters. The van der Waals surface area contributed by atoms with E-state index in [1.54, 1.807) is 6.07 Å². The first kappa shape index (κ1) is 17.3. The molecule has 2 saturated carbocycles. The van der Waals surface area contributed by atoms with Crippen molar-refractivity contribution in [3.63, 3.8) is 0 Å². The molecule has 0 spiro atoms. The Morgan fingerprint density at radius 2 is 2.00 bits per heavy atom. The van der Waals surface area contributed by atoms with E-state index in [4.69, 9.17) is 13.9 Å². The van der Waals surface area contributed by atoms with Gasteiger partial charge in [-0.1, -0.05) is 13.8 Å². The van der Waals surface area contributed by atoms with Crippen molar-refractivity contribution in [1.29, 1.82) is 0 Å². The Bertz CT molecular complexity index is 737. The zero-order valence-electron chi connectivity index (χ0n) is 15.2. The molecule has 1 saturated heterocycles. The largest absolute Gasteiger partial charge is 0.469 e. The highest BCUT2D eigenvalue weighted by molar-refractivity contribution is 5.89. The van der Waals surface area contributed by atoms with Crippen molar-refractivity contribution < 1.29 is 28.3 Å². The minimum Gasteiger partial charge on any atom is -0.469 e. The van der Waals surface area contributed by atoms with E-state index in [0.29, 0.717) is 44.5 Å². The Morgan fingerprint density at radius 1 is 1.19 bits per heavy atom. The van der Waals surface area contributed by atoms with Crippen molar-refractivity contribution in [1.82, 2.24) is 0 Å². The van der Waals surface area contributed by atoms with Crippen LogP contribution in [0.5, 0.6) is 5.75 Å². The van der Waals surface area contributed by atoms with Crippen LogP contribution in [0.15, 0.2) is 23.0 Å². The highest BCUT2D eigenvalue weighted by atomic mass is 16.5. The Morgan fingerprint density at radius 3 is 2.73 bits per heavy atom. The maximum atomic E-state index is 13.0. The maximum Gasteiger partial charge on any atom is 0.315 e. The van der Waals surface area contributed by atoms with Crippen LogP contribution in [0.2, 0.25) is 0 Å². The number of carbonyl (C=O) groups excluding carboxylic acids is 3. The summed E-state index contributed by atoms with van der Waals surface area (Å²) in [5.41, 5.74) is -0.951. The number of esters is 2. The van der Waals surface area contributed by atoms with Gasteiger partial charge in [0.05, 0.1) is 24.7 Å². The highest BCUT2D eigenvalue weighted by Crippen LogP contribution is 2.63. The first-order valence-electron chi connectivity index (χ1n) is 9.29. The molecule has 0 bridgehead atoms. The van der Waals surface area contributed by atoms with Crippen molar-refractivity contribution >= 4 is 17.7 Å². The Kier molecular flexibility index (Phi) is 3.97. The average molecular weight is 360 g/mol. The molecule has 3 aliphatic rings. The maximum absolute atomic E-state index is 13.0. The third kappa shape index (κ3) is 2.42. The van der Waals surface area contributed by atoms with Crippen molar-refractivity contribution in [3.05, 3.63) is 18.6 Å². The highest BCUT2D eigenvalue weighted by Gasteiger charge is 2.64. The van der Waals surface area contributed by atoms with Gasteiger partial charge in [-0.25, -0.2) is 0 Å².